The summed E-state index contributed by atoms with van der Waals surface area (Å²) in [4.78, 5) is 37.9. The summed E-state index contributed by atoms with van der Waals surface area (Å²) in [6.07, 6.45) is 0. The third-order valence-corrected chi connectivity index (χ3v) is 6.02. The van der Waals surface area contributed by atoms with Crippen LogP contribution in [-0.4, -0.2) is 43.1 Å². The molecule has 1 heterocycles. The van der Waals surface area contributed by atoms with Gasteiger partial charge in [0.2, 0.25) is 21.8 Å². The van der Waals surface area contributed by atoms with E-state index in [-0.39, 0.29) is 22.9 Å². The average molecular weight is 420 g/mol. The minimum Gasteiger partial charge on any atom is -0.351 e. The quantitative estimate of drug-likeness (QED) is 0.613. The molecule has 0 aliphatic heterocycles. The number of pyridine rings is 1. The van der Waals surface area contributed by atoms with E-state index in [0.717, 1.165) is 15.6 Å². The van der Waals surface area contributed by atoms with Gasteiger partial charge in [-0.25, -0.2) is 8.42 Å². The molecule has 0 fully saturated rings. The van der Waals surface area contributed by atoms with E-state index in [4.69, 9.17) is 0 Å². The van der Waals surface area contributed by atoms with Crippen LogP contribution < -0.4 is 16.2 Å². The molecular formula is C19H24N4O5S. The first kappa shape index (κ1) is 22.3. The fourth-order valence-corrected chi connectivity index (χ4v) is 3.85. The molecular weight excluding hydrogens is 396 g/mol. The molecule has 156 valence electrons. The van der Waals surface area contributed by atoms with Crippen molar-refractivity contribution in [2.24, 2.45) is 0 Å². The first-order chi connectivity index (χ1) is 13.5. The lowest BCUT2D eigenvalue weighted by Gasteiger charge is -2.17. The van der Waals surface area contributed by atoms with Gasteiger partial charge >= 0.3 is 0 Å². The minimum absolute atomic E-state index is 0.000416. The highest BCUT2D eigenvalue weighted by molar-refractivity contribution is 7.89. The Bertz CT molecular complexity index is 1070. The number of hydrogen-bond donors (Lipinski definition) is 3. The summed E-state index contributed by atoms with van der Waals surface area (Å²) in [6.45, 7) is 4.48. The first-order valence-corrected chi connectivity index (χ1v) is 10.2. The highest BCUT2D eigenvalue weighted by atomic mass is 32.2. The van der Waals surface area contributed by atoms with Crippen LogP contribution in [0.15, 0.2) is 40.0 Å². The van der Waals surface area contributed by atoms with E-state index < -0.39 is 22.5 Å². The van der Waals surface area contributed by atoms with Gasteiger partial charge in [-0.2, -0.15) is 4.31 Å². The molecule has 1 aromatic heterocycles. The van der Waals surface area contributed by atoms with Crippen LogP contribution in [0.2, 0.25) is 0 Å². The van der Waals surface area contributed by atoms with Gasteiger partial charge in [0, 0.05) is 37.5 Å². The van der Waals surface area contributed by atoms with Gasteiger partial charge in [0.05, 0.1) is 11.4 Å². The SMILES string of the molecule is CC(=O)Nc1ccc(S(=O)(=O)N(C)CC(=O)NCc2c(C)cc(C)[nH]c2=O)cc1. The summed E-state index contributed by atoms with van der Waals surface area (Å²) in [6, 6.07) is 7.43. The van der Waals surface area contributed by atoms with E-state index in [1.54, 1.807) is 19.9 Å². The largest absolute Gasteiger partial charge is 0.351 e. The van der Waals surface area contributed by atoms with E-state index in [2.05, 4.69) is 15.6 Å². The second-order valence-electron chi connectivity index (χ2n) is 6.69. The van der Waals surface area contributed by atoms with Crippen LogP contribution in [0.3, 0.4) is 0 Å². The average Bonchev–Trinajstić information content (AvgIpc) is 2.60. The number of aromatic amines is 1. The summed E-state index contributed by atoms with van der Waals surface area (Å²) in [5, 5.41) is 5.12. The number of benzene rings is 1. The molecule has 0 aliphatic carbocycles. The summed E-state index contributed by atoms with van der Waals surface area (Å²) in [5.41, 5.74) is 2.06. The van der Waals surface area contributed by atoms with Crippen LogP contribution in [0.1, 0.15) is 23.7 Å². The van der Waals surface area contributed by atoms with Crippen molar-refractivity contribution in [1.29, 1.82) is 0 Å². The Morgan fingerprint density at radius 1 is 1.14 bits per heavy atom. The van der Waals surface area contributed by atoms with Crippen LogP contribution in [0.25, 0.3) is 0 Å². The second kappa shape index (κ2) is 9.01. The number of anilines is 1. The predicted octanol–water partition coefficient (Wildman–Crippen LogP) is 0.887. The van der Waals surface area contributed by atoms with Crippen molar-refractivity contribution >= 4 is 27.5 Å². The zero-order valence-electron chi connectivity index (χ0n) is 16.7. The Morgan fingerprint density at radius 2 is 1.76 bits per heavy atom. The van der Waals surface area contributed by atoms with Gasteiger partial charge in [0.25, 0.3) is 5.56 Å². The molecule has 9 nitrogen and oxygen atoms in total. The number of aryl methyl sites for hydroxylation is 2. The standard InChI is InChI=1S/C19H24N4O5S/c1-12-9-13(2)21-19(26)17(12)10-20-18(25)11-23(4)29(27,28)16-7-5-15(6-8-16)22-14(3)24/h5-9H,10-11H2,1-4H3,(H,20,25)(H,21,26)(H,22,24). The number of carbonyl (C=O) groups excluding carboxylic acids is 2. The number of sulfonamides is 1. The molecule has 0 saturated heterocycles. The van der Waals surface area contributed by atoms with Gasteiger partial charge in [-0.05, 0) is 49.7 Å². The number of nitrogens with zero attached hydrogens (tertiary/aromatic N) is 1. The molecule has 0 bridgehead atoms. The Morgan fingerprint density at radius 3 is 2.31 bits per heavy atom. The van der Waals surface area contributed by atoms with Crippen molar-refractivity contribution in [3.05, 3.63) is 57.5 Å². The number of nitrogens with one attached hydrogen (secondary N) is 3. The zero-order valence-corrected chi connectivity index (χ0v) is 17.5. The van der Waals surface area contributed by atoms with Crippen LogP contribution in [0.5, 0.6) is 0 Å². The second-order valence-corrected chi connectivity index (χ2v) is 8.73. The third kappa shape index (κ3) is 5.75. The highest BCUT2D eigenvalue weighted by Gasteiger charge is 2.23. The number of rotatable bonds is 7. The molecule has 1 aromatic carbocycles. The van der Waals surface area contributed by atoms with E-state index >= 15 is 0 Å². The van der Waals surface area contributed by atoms with E-state index in [9.17, 15) is 22.8 Å². The Labute approximate surface area is 169 Å². The molecule has 0 spiro atoms. The van der Waals surface area contributed by atoms with Crippen molar-refractivity contribution in [1.82, 2.24) is 14.6 Å². The summed E-state index contributed by atoms with van der Waals surface area (Å²) in [7, 11) is -2.60. The molecule has 10 heteroatoms. The summed E-state index contributed by atoms with van der Waals surface area (Å²) in [5.74, 6) is -0.803. The molecule has 0 unspecified atom stereocenters. The minimum atomic E-state index is -3.89. The van der Waals surface area contributed by atoms with Crippen molar-refractivity contribution in [2.75, 3.05) is 18.9 Å². The van der Waals surface area contributed by atoms with Crippen molar-refractivity contribution in [3.8, 4) is 0 Å². The monoisotopic (exact) mass is 420 g/mol. The number of carbonyl (C=O) groups is 2. The fourth-order valence-electron chi connectivity index (χ4n) is 2.72. The van der Waals surface area contributed by atoms with Gasteiger partial charge in [-0.1, -0.05) is 0 Å². The van der Waals surface area contributed by atoms with Gasteiger partial charge < -0.3 is 15.6 Å². The smallest absolute Gasteiger partial charge is 0.253 e. The lowest BCUT2D eigenvalue weighted by atomic mass is 10.1. The van der Waals surface area contributed by atoms with Crippen molar-refractivity contribution in [3.63, 3.8) is 0 Å². The Hall–Kier alpha value is -2.98. The van der Waals surface area contributed by atoms with Gasteiger partial charge in [-0.15, -0.1) is 0 Å². The molecule has 29 heavy (non-hydrogen) atoms. The lowest BCUT2D eigenvalue weighted by molar-refractivity contribution is -0.121. The van der Waals surface area contributed by atoms with Crippen LogP contribution >= 0.6 is 0 Å². The normalized spacial score (nSPS) is 11.3. The maximum Gasteiger partial charge on any atom is 0.253 e. The molecule has 3 N–H and O–H groups in total. The van der Waals surface area contributed by atoms with Gasteiger partial charge in [0.1, 0.15) is 0 Å². The maximum atomic E-state index is 12.6. The lowest BCUT2D eigenvalue weighted by Crippen LogP contribution is -2.38. The van der Waals surface area contributed by atoms with Crippen molar-refractivity contribution < 1.29 is 18.0 Å². The van der Waals surface area contributed by atoms with Gasteiger partial charge in [-0.3, -0.25) is 14.4 Å². The van der Waals surface area contributed by atoms with Gasteiger partial charge in [0.15, 0.2) is 0 Å². The Balaban J connectivity index is 2.03. The fraction of sp³-hybridized carbons (Fsp3) is 0.316. The molecule has 2 amide bonds. The third-order valence-electron chi connectivity index (χ3n) is 4.21. The predicted molar refractivity (Wildman–Crippen MR) is 109 cm³/mol. The number of aromatic nitrogens is 1. The van der Waals surface area contributed by atoms with E-state index in [0.29, 0.717) is 11.3 Å². The molecule has 0 radical (unpaired) electrons. The first-order valence-electron chi connectivity index (χ1n) is 8.81. The molecule has 0 saturated carbocycles. The molecule has 2 rings (SSSR count). The molecule has 0 atom stereocenters. The summed E-state index contributed by atoms with van der Waals surface area (Å²) >= 11 is 0. The number of H-pyrrole nitrogens is 1. The van der Waals surface area contributed by atoms with Crippen molar-refractivity contribution in [2.45, 2.75) is 32.2 Å². The number of amides is 2. The maximum absolute atomic E-state index is 12.6. The topological polar surface area (TPSA) is 128 Å². The summed E-state index contributed by atoms with van der Waals surface area (Å²) < 4.78 is 26.2. The van der Waals surface area contributed by atoms with Crippen LogP contribution in [0, 0.1) is 13.8 Å². The number of likely N-dealkylation sites (N-methyl/N-ethyl adjacent to an activating group) is 1. The van der Waals surface area contributed by atoms with E-state index in [1.165, 1.54) is 38.2 Å². The van der Waals surface area contributed by atoms with E-state index in [1.807, 2.05) is 0 Å². The van der Waals surface area contributed by atoms with Crippen LogP contribution in [0.4, 0.5) is 5.69 Å². The van der Waals surface area contributed by atoms with Crippen LogP contribution in [-0.2, 0) is 26.2 Å². The number of hydrogen-bond acceptors (Lipinski definition) is 5. The molecule has 0 aliphatic rings. The Kier molecular flexibility index (Phi) is 6.93. The zero-order chi connectivity index (χ0) is 21.8. The molecule has 2 aromatic rings. The highest BCUT2D eigenvalue weighted by Crippen LogP contribution is 2.17.